The number of ether oxygens (including phenoxy) is 3. The molecule has 1 heterocycles. The summed E-state index contributed by atoms with van der Waals surface area (Å²) in [6, 6.07) is 11.3. The number of aryl methyl sites for hydroxylation is 1. The van der Waals surface area contributed by atoms with Gasteiger partial charge in [-0.15, -0.1) is 0 Å². The second-order valence-electron chi connectivity index (χ2n) is 7.30. The molecule has 0 aromatic heterocycles. The third-order valence-corrected chi connectivity index (χ3v) is 6.87. The fourth-order valence-corrected chi connectivity index (χ4v) is 4.79. The maximum Gasteiger partial charge on any atom is 0.264 e. The van der Waals surface area contributed by atoms with Gasteiger partial charge in [0.05, 0.1) is 30.9 Å². The van der Waals surface area contributed by atoms with E-state index in [4.69, 9.17) is 14.2 Å². The fourth-order valence-electron chi connectivity index (χ4n) is 3.35. The summed E-state index contributed by atoms with van der Waals surface area (Å²) in [6.45, 7) is 2.60. The highest BCUT2D eigenvalue weighted by Crippen LogP contribution is 2.32. The van der Waals surface area contributed by atoms with Crippen molar-refractivity contribution in [3.05, 3.63) is 48.0 Å². The Bertz CT molecular complexity index is 1000. The van der Waals surface area contributed by atoms with Gasteiger partial charge in [0.2, 0.25) is 5.91 Å². The van der Waals surface area contributed by atoms with Crippen molar-refractivity contribution in [3.8, 4) is 11.5 Å². The molecule has 1 N–H and O–H groups in total. The van der Waals surface area contributed by atoms with Crippen LogP contribution < -0.4 is 19.1 Å². The lowest BCUT2D eigenvalue weighted by atomic mass is 10.2. The van der Waals surface area contributed by atoms with E-state index in [-0.39, 0.29) is 23.3 Å². The van der Waals surface area contributed by atoms with Crippen LogP contribution in [0, 0.1) is 6.92 Å². The molecule has 8 nitrogen and oxygen atoms in total. The van der Waals surface area contributed by atoms with Gasteiger partial charge in [0.1, 0.15) is 6.54 Å². The molecule has 31 heavy (non-hydrogen) atoms. The average Bonchev–Trinajstić information content (AvgIpc) is 3.30. The molecule has 1 saturated heterocycles. The minimum atomic E-state index is -4.05. The Labute approximate surface area is 183 Å². The van der Waals surface area contributed by atoms with Gasteiger partial charge >= 0.3 is 0 Å². The molecule has 0 aliphatic carbocycles. The van der Waals surface area contributed by atoms with Crippen molar-refractivity contribution < 1.29 is 27.4 Å². The maximum atomic E-state index is 13.5. The molecule has 0 radical (unpaired) electrons. The Hall–Kier alpha value is -2.78. The number of anilines is 1. The average molecular weight is 449 g/mol. The molecule has 1 amide bonds. The lowest BCUT2D eigenvalue weighted by molar-refractivity contribution is -0.120. The van der Waals surface area contributed by atoms with E-state index in [9.17, 15) is 13.2 Å². The van der Waals surface area contributed by atoms with Crippen LogP contribution in [0.1, 0.15) is 18.4 Å². The van der Waals surface area contributed by atoms with E-state index in [1.165, 1.54) is 32.4 Å². The highest BCUT2D eigenvalue weighted by molar-refractivity contribution is 7.92. The first-order valence-corrected chi connectivity index (χ1v) is 11.5. The van der Waals surface area contributed by atoms with Crippen LogP contribution in [0.3, 0.4) is 0 Å². The van der Waals surface area contributed by atoms with Gasteiger partial charge in [-0.2, -0.15) is 0 Å². The van der Waals surface area contributed by atoms with E-state index in [2.05, 4.69) is 5.32 Å². The second kappa shape index (κ2) is 10.0. The van der Waals surface area contributed by atoms with Crippen LogP contribution >= 0.6 is 0 Å². The van der Waals surface area contributed by atoms with Gasteiger partial charge in [0.25, 0.3) is 10.0 Å². The normalized spacial score (nSPS) is 16.0. The molecule has 1 aliphatic rings. The molecular weight excluding hydrogens is 420 g/mol. The monoisotopic (exact) mass is 448 g/mol. The first kappa shape index (κ1) is 22.9. The van der Waals surface area contributed by atoms with Gasteiger partial charge < -0.3 is 19.5 Å². The van der Waals surface area contributed by atoms with E-state index in [0.717, 1.165) is 22.7 Å². The maximum absolute atomic E-state index is 13.5. The predicted octanol–water partition coefficient (Wildman–Crippen LogP) is 2.50. The standard InChI is InChI=1S/C22H28N2O6S/c1-16-6-8-17(9-7-16)24(15-22(25)23-14-18-5-4-12-30-18)31(26,27)19-10-11-20(28-2)21(13-19)29-3/h6-11,13,18H,4-5,12,14-15H2,1-3H3,(H,23,25)/t18-/m0/s1. The molecule has 0 unspecified atom stereocenters. The lowest BCUT2D eigenvalue weighted by Gasteiger charge is -2.25. The van der Waals surface area contributed by atoms with Crippen LogP contribution in [0.4, 0.5) is 5.69 Å². The molecule has 1 atom stereocenters. The Morgan fingerprint density at radius 2 is 1.84 bits per heavy atom. The molecule has 0 spiro atoms. The van der Waals surface area contributed by atoms with Crippen molar-refractivity contribution >= 4 is 21.6 Å². The number of amides is 1. The van der Waals surface area contributed by atoms with Gasteiger partial charge in [-0.05, 0) is 44.0 Å². The summed E-state index contributed by atoms with van der Waals surface area (Å²) < 4.78 is 44.1. The third kappa shape index (κ3) is 5.48. The Morgan fingerprint density at radius 3 is 2.45 bits per heavy atom. The van der Waals surface area contributed by atoms with Gasteiger partial charge in [-0.25, -0.2) is 8.42 Å². The lowest BCUT2D eigenvalue weighted by Crippen LogP contribution is -2.42. The first-order valence-electron chi connectivity index (χ1n) is 10.0. The summed E-state index contributed by atoms with van der Waals surface area (Å²) in [7, 11) is -1.14. The van der Waals surface area contributed by atoms with E-state index in [1.807, 2.05) is 6.92 Å². The molecule has 0 bridgehead atoms. The predicted molar refractivity (Wildman–Crippen MR) is 117 cm³/mol. The molecule has 0 saturated carbocycles. The first-order chi connectivity index (χ1) is 14.8. The minimum absolute atomic E-state index is 0.00217. The third-order valence-electron chi connectivity index (χ3n) is 5.10. The molecule has 1 fully saturated rings. The number of hydrogen-bond acceptors (Lipinski definition) is 6. The zero-order valence-electron chi connectivity index (χ0n) is 18.0. The SMILES string of the molecule is COc1ccc(S(=O)(=O)N(CC(=O)NC[C@@H]2CCCO2)c2ccc(C)cc2)cc1OC. The summed E-state index contributed by atoms with van der Waals surface area (Å²) in [6.07, 6.45) is 1.81. The smallest absolute Gasteiger partial charge is 0.264 e. The molecule has 2 aromatic carbocycles. The van der Waals surface area contributed by atoms with Crippen molar-refractivity contribution in [2.75, 3.05) is 38.2 Å². The number of hydrogen-bond donors (Lipinski definition) is 1. The number of sulfonamides is 1. The van der Waals surface area contributed by atoms with E-state index >= 15 is 0 Å². The van der Waals surface area contributed by atoms with Crippen molar-refractivity contribution in [3.63, 3.8) is 0 Å². The number of nitrogens with zero attached hydrogens (tertiary/aromatic N) is 1. The summed E-state index contributed by atoms with van der Waals surface area (Å²) in [4.78, 5) is 12.6. The number of rotatable bonds is 9. The topological polar surface area (TPSA) is 94.2 Å². The zero-order valence-corrected chi connectivity index (χ0v) is 18.8. The number of methoxy groups -OCH3 is 2. The minimum Gasteiger partial charge on any atom is -0.493 e. The summed E-state index contributed by atoms with van der Waals surface area (Å²) in [5, 5.41) is 2.79. The van der Waals surface area contributed by atoms with Crippen molar-refractivity contribution in [2.24, 2.45) is 0 Å². The Balaban J connectivity index is 1.89. The molecule has 1 aliphatic heterocycles. The van der Waals surface area contributed by atoms with Crippen LogP contribution in [-0.2, 0) is 19.6 Å². The van der Waals surface area contributed by atoms with Crippen molar-refractivity contribution in [1.29, 1.82) is 0 Å². The summed E-state index contributed by atoms with van der Waals surface area (Å²) >= 11 is 0. The quantitative estimate of drug-likeness (QED) is 0.634. The molecule has 168 valence electrons. The van der Waals surface area contributed by atoms with Gasteiger partial charge in [-0.1, -0.05) is 17.7 Å². The number of carbonyl (C=O) groups excluding carboxylic acids is 1. The van der Waals surface area contributed by atoms with E-state index < -0.39 is 15.9 Å². The fraction of sp³-hybridized carbons (Fsp3) is 0.409. The number of nitrogens with one attached hydrogen (secondary N) is 1. The van der Waals surface area contributed by atoms with Crippen molar-refractivity contribution in [1.82, 2.24) is 5.32 Å². The van der Waals surface area contributed by atoms with Crippen LogP contribution in [0.25, 0.3) is 0 Å². The highest BCUT2D eigenvalue weighted by atomic mass is 32.2. The molecule has 2 aromatic rings. The largest absolute Gasteiger partial charge is 0.493 e. The van der Waals surface area contributed by atoms with Crippen LogP contribution in [-0.4, -0.2) is 54.3 Å². The van der Waals surface area contributed by atoms with E-state index in [0.29, 0.717) is 24.6 Å². The number of carbonyl (C=O) groups is 1. The van der Waals surface area contributed by atoms with Gasteiger partial charge in [-0.3, -0.25) is 9.10 Å². The zero-order chi connectivity index (χ0) is 22.4. The van der Waals surface area contributed by atoms with Gasteiger partial charge in [0.15, 0.2) is 11.5 Å². The van der Waals surface area contributed by atoms with Gasteiger partial charge in [0, 0.05) is 19.2 Å². The molecular formula is C22H28N2O6S. The Morgan fingerprint density at radius 1 is 1.13 bits per heavy atom. The number of benzene rings is 2. The van der Waals surface area contributed by atoms with Crippen LogP contribution in [0.2, 0.25) is 0 Å². The van der Waals surface area contributed by atoms with Crippen LogP contribution in [0.5, 0.6) is 11.5 Å². The Kier molecular flexibility index (Phi) is 7.40. The molecule has 3 rings (SSSR count). The summed E-state index contributed by atoms with van der Waals surface area (Å²) in [5.74, 6) is 0.299. The van der Waals surface area contributed by atoms with Crippen molar-refractivity contribution in [2.45, 2.75) is 30.8 Å². The summed E-state index contributed by atoms with van der Waals surface area (Å²) in [5.41, 5.74) is 1.38. The highest BCUT2D eigenvalue weighted by Gasteiger charge is 2.28. The molecule has 9 heteroatoms. The van der Waals surface area contributed by atoms with Crippen LogP contribution in [0.15, 0.2) is 47.4 Å². The van der Waals surface area contributed by atoms with E-state index in [1.54, 1.807) is 24.3 Å². The second-order valence-corrected chi connectivity index (χ2v) is 9.17.